The molecule has 0 radical (unpaired) electrons. The van der Waals surface area contributed by atoms with Gasteiger partial charge in [-0.25, -0.2) is 8.78 Å². The van der Waals surface area contributed by atoms with E-state index >= 15 is 0 Å². The molecule has 2 saturated carbocycles. The molecule has 0 amide bonds. The summed E-state index contributed by atoms with van der Waals surface area (Å²) in [5, 5.41) is 9.77. The van der Waals surface area contributed by atoms with Crippen molar-refractivity contribution < 1.29 is 18.6 Å². The van der Waals surface area contributed by atoms with Gasteiger partial charge in [-0.15, -0.1) is 0 Å². The lowest BCUT2D eigenvalue weighted by atomic mass is 9.72. The van der Waals surface area contributed by atoms with Crippen LogP contribution in [0.5, 0.6) is 0 Å². The summed E-state index contributed by atoms with van der Waals surface area (Å²) in [6, 6.07) is 0. The first-order valence-corrected chi connectivity index (χ1v) is 7.39. The Morgan fingerprint density at radius 2 is 2.15 bits per heavy atom. The van der Waals surface area contributed by atoms with Crippen molar-refractivity contribution in [1.29, 1.82) is 0 Å². The average Bonchev–Trinajstić information content (AvgIpc) is 2.68. The zero-order valence-corrected chi connectivity index (χ0v) is 12.1. The van der Waals surface area contributed by atoms with Crippen LogP contribution in [0.25, 0.3) is 0 Å². The number of hydrogen-bond donors (Lipinski definition) is 2. The van der Waals surface area contributed by atoms with Crippen LogP contribution in [0, 0.1) is 23.2 Å². The van der Waals surface area contributed by atoms with E-state index in [1.165, 1.54) is 0 Å². The minimum atomic E-state index is -2.55. The average molecular weight is 289 g/mol. The zero-order valence-electron chi connectivity index (χ0n) is 12.1. The number of halogens is 2. The van der Waals surface area contributed by atoms with Crippen molar-refractivity contribution in [2.45, 2.75) is 45.0 Å². The summed E-state index contributed by atoms with van der Waals surface area (Å²) >= 11 is 0. The van der Waals surface area contributed by atoms with Gasteiger partial charge in [0.25, 0.3) is 0 Å². The Hall–Kier alpha value is -0.840. The monoisotopic (exact) mass is 289 g/mol. The van der Waals surface area contributed by atoms with Gasteiger partial charge < -0.3 is 15.6 Å². The van der Waals surface area contributed by atoms with Gasteiger partial charge in [0.15, 0.2) is 5.88 Å². The molecule has 2 rings (SSSR count). The van der Waals surface area contributed by atoms with E-state index in [4.69, 9.17) is 10.5 Å². The number of ether oxygens (including phenoxy) is 1. The van der Waals surface area contributed by atoms with Crippen LogP contribution in [0.3, 0.4) is 0 Å². The minimum absolute atomic E-state index is 0.0212. The van der Waals surface area contributed by atoms with Crippen LogP contribution in [0.1, 0.15) is 39.0 Å². The van der Waals surface area contributed by atoms with Gasteiger partial charge in [0.2, 0.25) is 5.92 Å². The van der Waals surface area contributed by atoms with E-state index < -0.39 is 5.92 Å². The molecule has 0 aromatic carbocycles. The van der Waals surface area contributed by atoms with Crippen molar-refractivity contribution in [1.82, 2.24) is 0 Å². The molecule has 2 fully saturated rings. The van der Waals surface area contributed by atoms with Crippen molar-refractivity contribution >= 4 is 0 Å². The molecule has 0 aliphatic heterocycles. The molecular weight excluding hydrogens is 264 g/mol. The van der Waals surface area contributed by atoms with Crippen molar-refractivity contribution in [3.05, 3.63) is 12.5 Å². The lowest BCUT2D eigenvalue weighted by molar-refractivity contribution is -0.0704. The van der Waals surface area contributed by atoms with Crippen molar-refractivity contribution in [3.8, 4) is 0 Å². The first kappa shape index (κ1) is 15.5. The van der Waals surface area contributed by atoms with Crippen LogP contribution in [0.2, 0.25) is 0 Å². The molecule has 0 spiro atoms. The second-order valence-electron chi connectivity index (χ2n) is 6.49. The summed E-state index contributed by atoms with van der Waals surface area (Å²) in [6.07, 6.45) is 1.86. The third-order valence-electron chi connectivity index (χ3n) is 5.43. The molecule has 3 nitrogen and oxygen atoms in total. The third-order valence-corrected chi connectivity index (χ3v) is 5.43. The second kappa shape index (κ2) is 5.51. The van der Waals surface area contributed by atoms with Crippen molar-refractivity contribution in [2.75, 3.05) is 13.2 Å². The van der Waals surface area contributed by atoms with E-state index in [1.54, 1.807) is 0 Å². The Morgan fingerprint density at radius 1 is 1.45 bits per heavy atom. The molecule has 3 N–H and O–H groups in total. The normalized spacial score (nSPS) is 39.3. The van der Waals surface area contributed by atoms with E-state index in [9.17, 15) is 13.9 Å². The molecule has 5 heteroatoms. The predicted molar refractivity (Wildman–Crippen MR) is 73.0 cm³/mol. The quantitative estimate of drug-likeness (QED) is 0.765. The number of hydrogen-bond acceptors (Lipinski definition) is 3. The van der Waals surface area contributed by atoms with Crippen LogP contribution < -0.4 is 5.73 Å². The molecule has 0 aromatic rings. The molecule has 2 aliphatic carbocycles. The summed E-state index contributed by atoms with van der Waals surface area (Å²) < 4.78 is 32.6. The van der Waals surface area contributed by atoms with Gasteiger partial charge in [-0.1, -0.05) is 6.92 Å². The SMILES string of the molecule is C=C(N)OCC1(CC)CC2CC(F)(F)CCC2C1CO. The lowest BCUT2D eigenvalue weighted by Crippen LogP contribution is -2.37. The third kappa shape index (κ3) is 2.78. The van der Waals surface area contributed by atoms with Crippen LogP contribution in [0.4, 0.5) is 8.78 Å². The highest BCUT2D eigenvalue weighted by Crippen LogP contribution is 2.59. The Bertz CT molecular complexity index is 375. The van der Waals surface area contributed by atoms with E-state index in [1.807, 2.05) is 6.92 Å². The molecule has 4 atom stereocenters. The molecular formula is C15H25F2NO2. The summed E-state index contributed by atoms with van der Waals surface area (Å²) in [7, 11) is 0. The van der Waals surface area contributed by atoms with E-state index in [2.05, 4.69) is 6.58 Å². The number of fused-ring (bicyclic) bond motifs is 1. The number of alkyl halides is 2. The molecule has 20 heavy (non-hydrogen) atoms. The zero-order chi connectivity index (χ0) is 15.0. The smallest absolute Gasteiger partial charge is 0.248 e. The summed E-state index contributed by atoms with van der Waals surface area (Å²) in [5.41, 5.74) is 5.20. The predicted octanol–water partition coefficient (Wildman–Crippen LogP) is 2.89. The number of nitrogens with two attached hydrogens (primary N) is 1. The fourth-order valence-corrected chi connectivity index (χ4v) is 4.37. The maximum absolute atomic E-state index is 13.6. The highest BCUT2D eigenvalue weighted by molar-refractivity contribution is 5.03. The molecule has 4 unspecified atom stereocenters. The highest BCUT2D eigenvalue weighted by atomic mass is 19.3. The maximum atomic E-state index is 13.6. The van der Waals surface area contributed by atoms with E-state index in [-0.39, 0.29) is 48.5 Å². The molecule has 0 bridgehead atoms. The lowest BCUT2D eigenvalue weighted by Gasteiger charge is -2.36. The summed E-state index contributed by atoms with van der Waals surface area (Å²) in [5.74, 6) is -2.23. The molecule has 2 aliphatic rings. The van der Waals surface area contributed by atoms with E-state index in [0.29, 0.717) is 19.4 Å². The fourth-order valence-electron chi connectivity index (χ4n) is 4.37. The van der Waals surface area contributed by atoms with Gasteiger partial charge in [-0.05, 0) is 43.6 Å². The largest absolute Gasteiger partial charge is 0.479 e. The Kier molecular flexibility index (Phi) is 4.28. The highest BCUT2D eigenvalue weighted by Gasteiger charge is 2.56. The number of aliphatic hydroxyl groups is 1. The van der Waals surface area contributed by atoms with E-state index in [0.717, 1.165) is 6.42 Å². The molecule has 0 saturated heterocycles. The summed E-state index contributed by atoms with van der Waals surface area (Å²) in [4.78, 5) is 0. The van der Waals surface area contributed by atoms with Crippen LogP contribution in [0.15, 0.2) is 12.5 Å². The fraction of sp³-hybridized carbons (Fsp3) is 0.867. The van der Waals surface area contributed by atoms with Gasteiger partial charge in [0.05, 0.1) is 6.61 Å². The van der Waals surface area contributed by atoms with Gasteiger partial charge in [0.1, 0.15) is 0 Å². The maximum Gasteiger partial charge on any atom is 0.248 e. The second-order valence-corrected chi connectivity index (χ2v) is 6.49. The Balaban J connectivity index is 2.18. The van der Waals surface area contributed by atoms with Gasteiger partial charge in [-0.2, -0.15) is 0 Å². The van der Waals surface area contributed by atoms with Crippen molar-refractivity contribution in [3.63, 3.8) is 0 Å². The molecule has 116 valence electrons. The van der Waals surface area contributed by atoms with Crippen LogP contribution in [-0.2, 0) is 4.74 Å². The van der Waals surface area contributed by atoms with Crippen LogP contribution in [-0.4, -0.2) is 24.2 Å². The number of rotatable bonds is 5. The standard InChI is InChI=1S/C15H25F2NO2/c1-3-14(9-20-10(2)18)6-11-7-15(16,17)5-4-12(11)13(14)8-19/h11-13,19H,2-9,18H2,1H3. The first-order valence-electron chi connectivity index (χ1n) is 7.39. The Morgan fingerprint density at radius 3 is 2.70 bits per heavy atom. The number of aliphatic hydroxyl groups excluding tert-OH is 1. The molecule has 0 heterocycles. The minimum Gasteiger partial charge on any atom is -0.479 e. The Labute approximate surface area is 119 Å². The topological polar surface area (TPSA) is 55.5 Å². The van der Waals surface area contributed by atoms with Crippen molar-refractivity contribution in [2.24, 2.45) is 28.9 Å². The van der Waals surface area contributed by atoms with Gasteiger partial charge in [-0.3, -0.25) is 0 Å². The molecule has 0 aromatic heterocycles. The van der Waals surface area contributed by atoms with Gasteiger partial charge in [0, 0.05) is 24.9 Å². The van der Waals surface area contributed by atoms with Crippen LogP contribution >= 0.6 is 0 Å². The van der Waals surface area contributed by atoms with Gasteiger partial charge >= 0.3 is 0 Å². The first-order chi connectivity index (χ1) is 9.33. The summed E-state index contributed by atoms with van der Waals surface area (Å²) in [6.45, 7) is 5.94.